The minimum absolute atomic E-state index is 0.00275. The first-order valence-corrected chi connectivity index (χ1v) is 13.9. The molecule has 0 saturated carbocycles. The largest absolute Gasteiger partial charge is 0.494 e. The Morgan fingerprint density at radius 1 is 0.927 bits per heavy atom. The topological polar surface area (TPSA) is 85.9 Å². The third-order valence-electron chi connectivity index (χ3n) is 7.79. The number of allylic oxidation sites excluding steroid dienone is 3. The molecule has 0 radical (unpaired) electrons. The molecule has 7 heteroatoms. The van der Waals surface area contributed by atoms with Gasteiger partial charge in [-0.3, -0.25) is 9.59 Å². The molecule has 0 saturated heterocycles. The maximum absolute atomic E-state index is 14.1. The number of dihydropyridines is 1. The molecule has 0 unspecified atom stereocenters. The lowest BCUT2D eigenvalue weighted by Gasteiger charge is -2.37. The molecule has 2 aliphatic rings. The van der Waals surface area contributed by atoms with E-state index in [4.69, 9.17) is 14.2 Å². The highest BCUT2D eigenvalue weighted by Gasteiger charge is 2.42. The van der Waals surface area contributed by atoms with Crippen LogP contribution in [0.4, 0.5) is 5.69 Å². The standard InChI is InChI=1S/C34H36N2O5/c1-6-41-28-10-8-7-9-25(28)32-31(34(38)36-24-14-11-20(2)12-15-24)21(3)35-26-17-23(18-27(37)33(26)32)22-13-16-29(39-4)30(19-22)40-5/h7-16,19,23,32,35H,6,17-18H2,1-5H3,(H,36,38)/t23-,32-/m1/s1. The van der Waals surface area contributed by atoms with Crippen LogP contribution in [0.5, 0.6) is 17.2 Å². The number of ketones is 1. The molecule has 1 amide bonds. The van der Waals surface area contributed by atoms with Crippen molar-refractivity contribution >= 4 is 17.4 Å². The van der Waals surface area contributed by atoms with Gasteiger partial charge in [0.1, 0.15) is 5.75 Å². The van der Waals surface area contributed by atoms with Crippen molar-refractivity contribution in [2.45, 2.75) is 45.4 Å². The van der Waals surface area contributed by atoms with E-state index < -0.39 is 5.92 Å². The minimum Gasteiger partial charge on any atom is -0.494 e. The summed E-state index contributed by atoms with van der Waals surface area (Å²) >= 11 is 0. The van der Waals surface area contributed by atoms with Crippen molar-refractivity contribution in [3.05, 3.63) is 106 Å². The molecule has 0 spiro atoms. The van der Waals surface area contributed by atoms with Crippen LogP contribution in [0.1, 0.15) is 55.2 Å². The van der Waals surface area contributed by atoms with E-state index in [0.29, 0.717) is 59.2 Å². The van der Waals surface area contributed by atoms with Crippen LogP contribution in [-0.4, -0.2) is 32.5 Å². The van der Waals surface area contributed by atoms with Crippen LogP contribution < -0.4 is 24.8 Å². The van der Waals surface area contributed by atoms with Gasteiger partial charge in [-0.2, -0.15) is 0 Å². The summed E-state index contributed by atoms with van der Waals surface area (Å²) in [5.41, 5.74) is 6.28. The molecule has 1 aliphatic carbocycles. The van der Waals surface area contributed by atoms with Gasteiger partial charge in [-0.05, 0) is 69.0 Å². The third kappa shape index (κ3) is 5.57. The molecule has 7 nitrogen and oxygen atoms in total. The average molecular weight is 553 g/mol. The smallest absolute Gasteiger partial charge is 0.254 e. The van der Waals surface area contributed by atoms with Crippen LogP contribution in [0.3, 0.4) is 0 Å². The summed E-state index contributed by atoms with van der Waals surface area (Å²) in [7, 11) is 3.21. The number of carbonyl (C=O) groups is 2. The molecule has 0 aromatic heterocycles. The van der Waals surface area contributed by atoms with Crippen molar-refractivity contribution in [2.75, 3.05) is 26.1 Å². The molecular weight excluding hydrogens is 516 g/mol. The number of Topliss-reactive ketones (excluding diaryl/α,β-unsaturated/α-hetero) is 1. The van der Waals surface area contributed by atoms with Crippen LogP contribution in [0.25, 0.3) is 0 Å². The number of carbonyl (C=O) groups excluding carboxylic acids is 2. The van der Waals surface area contributed by atoms with Gasteiger partial charge in [-0.15, -0.1) is 0 Å². The van der Waals surface area contributed by atoms with Crippen LogP contribution in [0, 0.1) is 6.92 Å². The summed E-state index contributed by atoms with van der Waals surface area (Å²) in [5, 5.41) is 6.51. The molecule has 2 atom stereocenters. The highest BCUT2D eigenvalue weighted by Crippen LogP contribution is 2.48. The highest BCUT2D eigenvalue weighted by molar-refractivity contribution is 6.10. The van der Waals surface area contributed by atoms with Gasteiger partial charge in [0.25, 0.3) is 5.91 Å². The quantitative estimate of drug-likeness (QED) is 0.336. The van der Waals surface area contributed by atoms with Crippen molar-refractivity contribution in [2.24, 2.45) is 0 Å². The fourth-order valence-corrected chi connectivity index (χ4v) is 5.83. The SMILES string of the molecule is CCOc1ccccc1[C@@H]1C(C(=O)Nc2ccc(C)cc2)=C(C)NC2=C1C(=O)C[C@H](c1ccc(OC)c(OC)c1)C2. The Labute approximate surface area is 241 Å². The maximum Gasteiger partial charge on any atom is 0.254 e. The number of hydrogen-bond acceptors (Lipinski definition) is 6. The summed E-state index contributed by atoms with van der Waals surface area (Å²) in [6, 6.07) is 21.1. The highest BCUT2D eigenvalue weighted by atomic mass is 16.5. The molecule has 3 aromatic carbocycles. The van der Waals surface area contributed by atoms with Gasteiger partial charge in [0.05, 0.1) is 26.7 Å². The van der Waals surface area contributed by atoms with Crippen molar-refractivity contribution in [3.8, 4) is 17.2 Å². The zero-order chi connectivity index (χ0) is 29.1. The van der Waals surface area contributed by atoms with Gasteiger partial charge < -0.3 is 24.8 Å². The van der Waals surface area contributed by atoms with Crippen LogP contribution in [0.15, 0.2) is 89.3 Å². The predicted octanol–water partition coefficient (Wildman–Crippen LogP) is 6.41. The lowest BCUT2D eigenvalue weighted by Crippen LogP contribution is -2.37. The summed E-state index contributed by atoms with van der Waals surface area (Å²) in [6.45, 7) is 6.29. The Bertz CT molecular complexity index is 1540. The normalized spacial score (nSPS) is 18.4. The molecule has 0 bridgehead atoms. The number of hydrogen-bond donors (Lipinski definition) is 2. The van der Waals surface area contributed by atoms with E-state index >= 15 is 0 Å². The molecule has 3 aromatic rings. The van der Waals surface area contributed by atoms with E-state index in [0.717, 1.165) is 22.4 Å². The monoisotopic (exact) mass is 552 g/mol. The van der Waals surface area contributed by atoms with E-state index in [-0.39, 0.29) is 17.6 Å². The fourth-order valence-electron chi connectivity index (χ4n) is 5.83. The number of methoxy groups -OCH3 is 2. The molecule has 212 valence electrons. The number of nitrogens with one attached hydrogen (secondary N) is 2. The van der Waals surface area contributed by atoms with Gasteiger partial charge in [0.2, 0.25) is 0 Å². The zero-order valence-corrected chi connectivity index (χ0v) is 24.2. The lowest BCUT2D eigenvalue weighted by atomic mass is 9.71. The molecule has 1 aliphatic heterocycles. The lowest BCUT2D eigenvalue weighted by molar-refractivity contribution is -0.116. The number of rotatable bonds is 8. The first-order chi connectivity index (χ1) is 19.8. The van der Waals surface area contributed by atoms with Crippen molar-refractivity contribution < 1.29 is 23.8 Å². The number of para-hydroxylation sites is 1. The Hall–Kier alpha value is -4.52. The van der Waals surface area contributed by atoms with Gasteiger partial charge >= 0.3 is 0 Å². The molecule has 0 fully saturated rings. The van der Waals surface area contributed by atoms with E-state index in [9.17, 15) is 9.59 Å². The average Bonchev–Trinajstić information content (AvgIpc) is 2.97. The Morgan fingerprint density at radius 2 is 1.66 bits per heavy atom. The number of ether oxygens (including phenoxy) is 3. The second-order valence-corrected chi connectivity index (χ2v) is 10.4. The minimum atomic E-state index is -0.571. The Morgan fingerprint density at radius 3 is 2.37 bits per heavy atom. The zero-order valence-electron chi connectivity index (χ0n) is 24.2. The van der Waals surface area contributed by atoms with Gasteiger partial charge in [-0.1, -0.05) is 42.0 Å². The first-order valence-electron chi connectivity index (χ1n) is 13.9. The van der Waals surface area contributed by atoms with E-state index in [1.165, 1.54) is 0 Å². The van der Waals surface area contributed by atoms with E-state index in [1.807, 2.05) is 87.5 Å². The maximum atomic E-state index is 14.1. The van der Waals surface area contributed by atoms with Crippen molar-refractivity contribution in [3.63, 3.8) is 0 Å². The van der Waals surface area contributed by atoms with Gasteiger partial charge in [0, 0.05) is 40.2 Å². The second kappa shape index (κ2) is 11.9. The molecular formula is C34H36N2O5. The van der Waals surface area contributed by atoms with Gasteiger partial charge in [0.15, 0.2) is 17.3 Å². The van der Waals surface area contributed by atoms with Crippen LogP contribution in [0.2, 0.25) is 0 Å². The van der Waals surface area contributed by atoms with Gasteiger partial charge in [-0.25, -0.2) is 0 Å². The van der Waals surface area contributed by atoms with Crippen LogP contribution in [-0.2, 0) is 9.59 Å². The number of aryl methyl sites for hydroxylation is 1. The van der Waals surface area contributed by atoms with E-state index in [1.54, 1.807) is 14.2 Å². The predicted molar refractivity (Wildman–Crippen MR) is 160 cm³/mol. The Balaban J connectivity index is 1.57. The fraction of sp³-hybridized carbons (Fsp3) is 0.294. The summed E-state index contributed by atoms with van der Waals surface area (Å²) in [5.74, 6) is 1.06. The molecule has 2 N–H and O–H groups in total. The number of benzene rings is 3. The van der Waals surface area contributed by atoms with Crippen molar-refractivity contribution in [1.82, 2.24) is 5.32 Å². The van der Waals surface area contributed by atoms with Crippen LogP contribution >= 0.6 is 0 Å². The Kier molecular flexibility index (Phi) is 8.15. The summed E-state index contributed by atoms with van der Waals surface area (Å²) in [4.78, 5) is 28.0. The molecule has 1 heterocycles. The number of amides is 1. The third-order valence-corrected chi connectivity index (χ3v) is 7.79. The van der Waals surface area contributed by atoms with Crippen molar-refractivity contribution in [1.29, 1.82) is 0 Å². The summed E-state index contributed by atoms with van der Waals surface area (Å²) < 4.78 is 16.9. The first kappa shape index (κ1) is 28.0. The van der Waals surface area contributed by atoms with E-state index in [2.05, 4.69) is 10.6 Å². The summed E-state index contributed by atoms with van der Waals surface area (Å²) in [6.07, 6.45) is 0.934. The molecule has 5 rings (SSSR count). The molecule has 41 heavy (non-hydrogen) atoms. The number of anilines is 1. The second-order valence-electron chi connectivity index (χ2n) is 10.4.